The second kappa shape index (κ2) is 8.86. The SMILES string of the molecule is CNc1nccc(-c2ccc3[nH]c(=O)c4[nH]cc(CCC(=O)O)c4c3c2)n1.O=CO. The molecule has 30 heavy (non-hydrogen) atoms. The van der Waals surface area contributed by atoms with Crippen LogP contribution in [0, 0.1) is 0 Å². The number of carboxylic acids is 1. The molecule has 10 heteroatoms. The van der Waals surface area contributed by atoms with Crippen molar-refractivity contribution >= 4 is 40.2 Å². The van der Waals surface area contributed by atoms with E-state index in [1.807, 2.05) is 24.3 Å². The van der Waals surface area contributed by atoms with Gasteiger partial charge in [-0.05, 0) is 30.2 Å². The summed E-state index contributed by atoms with van der Waals surface area (Å²) in [6, 6.07) is 7.48. The number of carbonyl (C=O) groups is 2. The number of nitrogens with one attached hydrogen (secondary N) is 3. The Morgan fingerprint density at radius 1 is 1.30 bits per heavy atom. The molecule has 0 aliphatic rings. The van der Waals surface area contributed by atoms with E-state index in [4.69, 9.17) is 15.0 Å². The van der Waals surface area contributed by atoms with Crippen molar-refractivity contribution in [2.75, 3.05) is 12.4 Å². The van der Waals surface area contributed by atoms with Gasteiger partial charge < -0.3 is 25.5 Å². The zero-order valence-electron chi connectivity index (χ0n) is 16.0. The van der Waals surface area contributed by atoms with Crippen LogP contribution in [-0.4, -0.2) is 49.6 Å². The second-order valence-electron chi connectivity index (χ2n) is 6.29. The largest absolute Gasteiger partial charge is 0.483 e. The maximum atomic E-state index is 12.4. The predicted molar refractivity (Wildman–Crippen MR) is 112 cm³/mol. The Morgan fingerprint density at radius 3 is 2.77 bits per heavy atom. The number of rotatable bonds is 5. The molecule has 4 aromatic rings. The number of hydrogen-bond donors (Lipinski definition) is 5. The number of pyridine rings is 1. The maximum Gasteiger partial charge on any atom is 0.303 e. The number of aliphatic carboxylic acids is 1. The van der Waals surface area contributed by atoms with Gasteiger partial charge in [-0.15, -0.1) is 0 Å². The number of H-pyrrole nitrogens is 2. The number of aromatic amines is 2. The lowest BCUT2D eigenvalue weighted by molar-refractivity contribution is -0.137. The molecule has 0 bridgehead atoms. The molecule has 0 saturated heterocycles. The topological polar surface area (TPSA) is 161 Å². The Bertz CT molecular complexity index is 1280. The van der Waals surface area contributed by atoms with Crippen molar-refractivity contribution < 1.29 is 19.8 Å². The average Bonchev–Trinajstić information content (AvgIpc) is 3.18. The van der Waals surface area contributed by atoms with Crippen LogP contribution in [0.4, 0.5) is 5.95 Å². The number of fused-ring (bicyclic) bond motifs is 3. The molecule has 0 saturated carbocycles. The second-order valence-corrected chi connectivity index (χ2v) is 6.29. The van der Waals surface area contributed by atoms with Crippen molar-refractivity contribution in [2.24, 2.45) is 0 Å². The van der Waals surface area contributed by atoms with Gasteiger partial charge in [0.15, 0.2) is 0 Å². The van der Waals surface area contributed by atoms with E-state index in [0.29, 0.717) is 23.4 Å². The first-order chi connectivity index (χ1) is 14.5. The molecule has 1 aromatic carbocycles. The van der Waals surface area contributed by atoms with Crippen LogP contribution in [0.2, 0.25) is 0 Å². The molecule has 3 aromatic heterocycles. The summed E-state index contributed by atoms with van der Waals surface area (Å²) in [5.41, 5.74) is 3.33. The zero-order valence-corrected chi connectivity index (χ0v) is 16.0. The minimum Gasteiger partial charge on any atom is -0.483 e. The van der Waals surface area contributed by atoms with Crippen LogP contribution in [0.15, 0.2) is 41.5 Å². The number of anilines is 1. The Hall–Kier alpha value is -4.21. The summed E-state index contributed by atoms with van der Waals surface area (Å²) in [4.78, 5) is 46.1. The van der Waals surface area contributed by atoms with Crippen LogP contribution in [-0.2, 0) is 16.0 Å². The predicted octanol–water partition coefficient (Wildman–Crippen LogP) is 2.23. The Balaban J connectivity index is 0.000000806. The molecular weight excluding hydrogens is 390 g/mol. The van der Waals surface area contributed by atoms with Gasteiger partial charge in [-0.3, -0.25) is 14.4 Å². The standard InChI is InChI=1S/C19H17N5O3.CH2O2/c1-20-19-21-7-6-13(24-19)10-2-4-14-12(8-10)16-11(3-5-15(25)26)9-22-17(16)18(27)23-14;2-1-3/h2,4,6-9,22H,3,5H2,1H3,(H,23,27)(H,25,26)(H,20,21,24);1H,(H,2,3). The van der Waals surface area contributed by atoms with E-state index in [-0.39, 0.29) is 18.5 Å². The van der Waals surface area contributed by atoms with Gasteiger partial charge in [0.2, 0.25) is 5.95 Å². The fourth-order valence-corrected chi connectivity index (χ4v) is 3.23. The van der Waals surface area contributed by atoms with E-state index in [2.05, 4.69) is 25.3 Å². The minimum atomic E-state index is -0.875. The molecule has 0 aliphatic carbocycles. The summed E-state index contributed by atoms with van der Waals surface area (Å²) in [5.74, 6) is -0.359. The van der Waals surface area contributed by atoms with Gasteiger partial charge in [-0.25, -0.2) is 9.97 Å². The summed E-state index contributed by atoms with van der Waals surface area (Å²) in [7, 11) is 1.75. The summed E-state index contributed by atoms with van der Waals surface area (Å²) in [6.07, 6.45) is 3.72. The monoisotopic (exact) mass is 409 g/mol. The first-order valence-electron chi connectivity index (χ1n) is 8.95. The molecule has 10 nitrogen and oxygen atoms in total. The lowest BCUT2D eigenvalue weighted by Gasteiger charge is -2.07. The van der Waals surface area contributed by atoms with Gasteiger partial charge in [0.1, 0.15) is 5.52 Å². The normalized spacial score (nSPS) is 10.4. The summed E-state index contributed by atoms with van der Waals surface area (Å²) in [6.45, 7) is -0.250. The van der Waals surface area contributed by atoms with E-state index < -0.39 is 5.97 Å². The van der Waals surface area contributed by atoms with Crippen molar-refractivity contribution in [3.63, 3.8) is 0 Å². The van der Waals surface area contributed by atoms with Gasteiger partial charge in [0.05, 0.1) is 5.69 Å². The quantitative estimate of drug-likeness (QED) is 0.314. The van der Waals surface area contributed by atoms with Crippen molar-refractivity contribution in [3.05, 3.63) is 52.6 Å². The Kier molecular flexibility index (Phi) is 6.06. The van der Waals surface area contributed by atoms with Crippen molar-refractivity contribution in [2.45, 2.75) is 12.8 Å². The van der Waals surface area contributed by atoms with Crippen LogP contribution < -0.4 is 10.9 Å². The molecule has 0 fully saturated rings. The molecule has 0 atom stereocenters. The number of nitrogens with zero attached hydrogens (tertiary/aromatic N) is 2. The maximum absolute atomic E-state index is 12.4. The summed E-state index contributed by atoms with van der Waals surface area (Å²) < 4.78 is 0. The van der Waals surface area contributed by atoms with Gasteiger partial charge in [-0.1, -0.05) is 6.07 Å². The number of benzene rings is 1. The van der Waals surface area contributed by atoms with E-state index in [1.54, 1.807) is 19.4 Å². The van der Waals surface area contributed by atoms with Crippen LogP contribution in [0.3, 0.4) is 0 Å². The number of aromatic nitrogens is 4. The van der Waals surface area contributed by atoms with Crippen LogP contribution in [0.5, 0.6) is 0 Å². The first-order valence-corrected chi connectivity index (χ1v) is 8.95. The van der Waals surface area contributed by atoms with Crippen LogP contribution in [0.1, 0.15) is 12.0 Å². The van der Waals surface area contributed by atoms with Gasteiger partial charge in [-0.2, -0.15) is 0 Å². The smallest absolute Gasteiger partial charge is 0.303 e. The molecule has 0 unspecified atom stereocenters. The Morgan fingerprint density at radius 2 is 2.07 bits per heavy atom. The molecule has 4 rings (SSSR count). The van der Waals surface area contributed by atoms with Gasteiger partial charge in [0, 0.05) is 47.7 Å². The zero-order chi connectivity index (χ0) is 21.7. The first kappa shape index (κ1) is 20.5. The Labute approximate surface area is 169 Å². The van der Waals surface area contributed by atoms with E-state index in [9.17, 15) is 9.59 Å². The highest BCUT2D eigenvalue weighted by atomic mass is 16.4. The highest BCUT2D eigenvalue weighted by molar-refractivity contribution is 6.07. The van der Waals surface area contributed by atoms with E-state index in [1.165, 1.54) is 0 Å². The van der Waals surface area contributed by atoms with Gasteiger partial charge >= 0.3 is 5.97 Å². The highest BCUT2D eigenvalue weighted by Crippen LogP contribution is 2.29. The molecule has 0 radical (unpaired) electrons. The van der Waals surface area contributed by atoms with E-state index in [0.717, 1.165) is 27.6 Å². The summed E-state index contributed by atoms with van der Waals surface area (Å²) >= 11 is 0. The molecule has 0 amide bonds. The highest BCUT2D eigenvalue weighted by Gasteiger charge is 2.14. The third kappa shape index (κ3) is 4.12. The van der Waals surface area contributed by atoms with Crippen LogP contribution in [0.25, 0.3) is 33.1 Å². The molecule has 0 aliphatic heterocycles. The molecular formula is C20H19N5O5. The fourth-order valence-electron chi connectivity index (χ4n) is 3.23. The number of aryl methyl sites for hydroxylation is 1. The van der Waals surface area contributed by atoms with Crippen molar-refractivity contribution in [1.82, 2.24) is 19.9 Å². The minimum absolute atomic E-state index is 0.00161. The molecule has 154 valence electrons. The summed E-state index contributed by atoms with van der Waals surface area (Å²) in [5, 5.41) is 20.4. The molecule has 3 heterocycles. The third-order valence-corrected chi connectivity index (χ3v) is 4.51. The molecule has 0 spiro atoms. The number of hydrogen-bond acceptors (Lipinski definition) is 6. The molecule has 5 N–H and O–H groups in total. The third-order valence-electron chi connectivity index (χ3n) is 4.51. The van der Waals surface area contributed by atoms with E-state index >= 15 is 0 Å². The fraction of sp³-hybridized carbons (Fsp3) is 0.150. The van der Waals surface area contributed by atoms with Gasteiger partial charge in [0.25, 0.3) is 12.0 Å². The lowest BCUT2D eigenvalue weighted by atomic mass is 10.0. The van der Waals surface area contributed by atoms with Crippen LogP contribution >= 0.6 is 0 Å². The average molecular weight is 409 g/mol. The van der Waals surface area contributed by atoms with Crippen molar-refractivity contribution in [3.8, 4) is 11.3 Å². The number of carboxylic acid groups (broad SMARTS) is 2. The lowest BCUT2D eigenvalue weighted by Crippen LogP contribution is -2.06. The van der Waals surface area contributed by atoms with Crippen molar-refractivity contribution in [1.29, 1.82) is 0 Å².